The molecule has 190 valence electrons. The smallest absolute Gasteiger partial charge is 0.342 e. The van der Waals surface area contributed by atoms with Gasteiger partial charge in [0.1, 0.15) is 28.9 Å². The molecule has 3 aromatic rings. The summed E-state index contributed by atoms with van der Waals surface area (Å²) in [6, 6.07) is 22.4. The lowest BCUT2D eigenvalue weighted by Crippen LogP contribution is -2.44. The second-order valence-electron chi connectivity index (χ2n) is 8.63. The monoisotopic (exact) mass is 491 g/mol. The number of aryl methyl sites for hydroxylation is 2. The van der Waals surface area contributed by atoms with E-state index in [-0.39, 0.29) is 11.3 Å². The van der Waals surface area contributed by atoms with Crippen LogP contribution in [0.25, 0.3) is 0 Å². The van der Waals surface area contributed by atoms with Crippen LogP contribution in [-0.4, -0.2) is 50.4 Å². The number of likely N-dealkylation sites (N-methyl/N-ethyl adjacent to an activating group) is 1. The summed E-state index contributed by atoms with van der Waals surface area (Å²) < 4.78 is 22.6. The van der Waals surface area contributed by atoms with Crippen LogP contribution in [0.5, 0.6) is 17.2 Å². The number of hydrogen-bond donors (Lipinski definition) is 0. The van der Waals surface area contributed by atoms with Gasteiger partial charge in [-0.15, -0.1) is 0 Å². The van der Waals surface area contributed by atoms with Gasteiger partial charge in [0, 0.05) is 6.92 Å². The quantitative estimate of drug-likeness (QED) is 0.214. The van der Waals surface area contributed by atoms with E-state index in [1.165, 1.54) is 12.5 Å². The van der Waals surface area contributed by atoms with Gasteiger partial charge in [0.05, 0.1) is 7.11 Å². The Hall–Kier alpha value is -3.84. The molecule has 7 heteroatoms. The van der Waals surface area contributed by atoms with Gasteiger partial charge in [-0.2, -0.15) is 0 Å². The first kappa shape index (κ1) is 26.8. The molecule has 0 aromatic heterocycles. The SMILES string of the molecule is COc1cccc(CCc2ccccc2O[C@@H](C(C)OC(=O)c2ccccc2OC(C)=O)N(C)C)c1. The van der Waals surface area contributed by atoms with Crippen molar-refractivity contribution in [3.63, 3.8) is 0 Å². The number of carbonyl (C=O) groups is 2. The predicted octanol–water partition coefficient (Wildman–Crippen LogP) is 4.92. The van der Waals surface area contributed by atoms with E-state index in [1.54, 1.807) is 38.3 Å². The maximum absolute atomic E-state index is 12.9. The van der Waals surface area contributed by atoms with E-state index in [0.29, 0.717) is 0 Å². The minimum atomic E-state index is -0.621. The van der Waals surface area contributed by atoms with Crippen molar-refractivity contribution in [2.24, 2.45) is 0 Å². The maximum Gasteiger partial charge on any atom is 0.342 e. The zero-order chi connectivity index (χ0) is 26.1. The number of ether oxygens (including phenoxy) is 4. The van der Waals surface area contributed by atoms with Crippen molar-refractivity contribution in [3.05, 3.63) is 89.5 Å². The average molecular weight is 492 g/mol. The molecule has 0 aliphatic heterocycles. The first-order chi connectivity index (χ1) is 17.3. The number of para-hydroxylation sites is 2. The number of esters is 2. The third kappa shape index (κ3) is 7.33. The lowest BCUT2D eigenvalue weighted by Gasteiger charge is -2.31. The zero-order valence-corrected chi connectivity index (χ0v) is 21.4. The molecule has 0 aliphatic carbocycles. The molecular formula is C29H33NO6. The van der Waals surface area contributed by atoms with Crippen molar-refractivity contribution < 1.29 is 28.5 Å². The number of methoxy groups -OCH3 is 1. The molecule has 0 spiro atoms. The van der Waals surface area contributed by atoms with Crippen molar-refractivity contribution in [2.45, 2.75) is 39.0 Å². The number of rotatable bonds is 11. The highest BCUT2D eigenvalue weighted by atomic mass is 16.6. The van der Waals surface area contributed by atoms with Crippen LogP contribution >= 0.6 is 0 Å². The molecule has 3 rings (SSSR count). The molecule has 0 bridgehead atoms. The number of nitrogens with zero attached hydrogens (tertiary/aromatic N) is 1. The summed E-state index contributed by atoms with van der Waals surface area (Å²) >= 11 is 0. The molecule has 0 saturated carbocycles. The molecule has 7 nitrogen and oxygen atoms in total. The fraction of sp³-hybridized carbons (Fsp3) is 0.310. The van der Waals surface area contributed by atoms with Crippen molar-refractivity contribution in [1.82, 2.24) is 4.90 Å². The molecular weight excluding hydrogens is 458 g/mol. The van der Waals surface area contributed by atoms with E-state index in [9.17, 15) is 9.59 Å². The molecule has 0 N–H and O–H groups in total. The van der Waals surface area contributed by atoms with Gasteiger partial charge in [-0.05, 0) is 75.3 Å². The Morgan fingerprint density at radius 3 is 2.28 bits per heavy atom. The highest BCUT2D eigenvalue weighted by Gasteiger charge is 2.27. The van der Waals surface area contributed by atoms with Gasteiger partial charge in [-0.1, -0.05) is 42.5 Å². The highest BCUT2D eigenvalue weighted by Crippen LogP contribution is 2.25. The molecule has 2 atom stereocenters. The van der Waals surface area contributed by atoms with Gasteiger partial charge in [0.15, 0.2) is 6.23 Å². The van der Waals surface area contributed by atoms with Crippen LogP contribution in [0.4, 0.5) is 0 Å². The predicted molar refractivity (Wildman–Crippen MR) is 138 cm³/mol. The van der Waals surface area contributed by atoms with Gasteiger partial charge >= 0.3 is 11.9 Å². The van der Waals surface area contributed by atoms with Gasteiger partial charge in [-0.25, -0.2) is 4.79 Å². The van der Waals surface area contributed by atoms with Crippen LogP contribution < -0.4 is 14.2 Å². The van der Waals surface area contributed by atoms with E-state index in [0.717, 1.165) is 29.9 Å². The Kier molecular flexibility index (Phi) is 9.47. The molecule has 36 heavy (non-hydrogen) atoms. The van der Waals surface area contributed by atoms with Crippen molar-refractivity contribution in [1.29, 1.82) is 0 Å². The third-order valence-corrected chi connectivity index (χ3v) is 5.60. The fourth-order valence-electron chi connectivity index (χ4n) is 3.85. The van der Waals surface area contributed by atoms with Gasteiger partial charge in [0.2, 0.25) is 0 Å². The van der Waals surface area contributed by atoms with Gasteiger partial charge in [0.25, 0.3) is 0 Å². The molecule has 1 unspecified atom stereocenters. The van der Waals surface area contributed by atoms with E-state index >= 15 is 0 Å². The van der Waals surface area contributed by atoms with E-state index in [4.69, 9.17) is 18.9 Å². The first-order valence-corrected chi connectivity index (χ1v) is 11.8. The Labute approximate surface area is 212 Å². The number of benzene rings is 3. The van der Waals surface area contributed by atoms with E-state index in [1.807, 2.05) is 61.5 Å². The maximum atomic E-state index is 12.9. The Morgan fingerprint density at radius 1 is 0.889 bits per heavy atom. The largest absolute Gasteiger partial charge is 0.497 e. The normalized spacial score (nSPS) is 12.5. The summed E-state index contributed by atoms with van der Waals surface area (Å²) in [6.45, 7) is 3.06. The lowest BCUT2D eigenvalue weighted by atomic mass is 10.0. The zero-order valence-electron chi connectivity index (χ0n) is 21.4. The second-order valence-corrected chi connectivity index (χ2v) is 8.63. The van der Waals surface area contributed by atoms with Crippen LogP contribution in [0, 0.1) is 0 Å². The number of hydrogen-bond acceptors (Lipinski definition) is 7. The number of carbonyl (C=O) groups excluding carboxylic acids is 2. The van der Waals surface area contributed by atoms with E-state index in [2.05, 4.69) is 6.07 Å². The molecule has 0 saturated heterocycles. The molecule has 0 amide bonds. The van der Waals surface area contributed by atoms with Crippen LogP contribution in [0.2, 0.25) is 0 Å². The summed E-state index contributed by atoms with van der Waals surface area (Å²) in [4.78, 5) is 26.2. The summed E-state index contributed by atoms with van der Waals surface area (Å²) in [5, 5.41) is 0. The Morgan fingerprint density at radius 2 is 1.58 bits per heavy atom. The molecule has 0 radical (unpaired) electrons. The molecule has 3 aromatic carbocycles. The van der Waals surface area contributed by atoms with Crippen LogP contribution in [0.15, 0.2) is 72.8 Å². The third-order valence-electron chi connectivity index (χ3n) is 5.60. The summed E-state index contributed by atoms with van der Waals surface area (Å²) in [7, 11) is 5.38. The first-order valence-electron chi connectivity index (χ1n) is 11.8. The Balaban J connectivity index is 1.72. The summed E-state index contributed by atoms with van der Waals surface area (Å²) in [6.07, 6.45) is 0.423. The van der Waals surface area contributed by atoms with Gasteiger partial charge < -0.3 is 18.9 Å². The van der Waals surface area contributed by atoms with Crippen LogP contribution in [-0.2, 0) is 22.4 Å². The van der Waals surface area contributed by atoms with Crippen molar-refractivity contribution >= 4 is 11.9 Å². The minimum Gasteiger partial charge on any atom is -0.497 e. The molecule has 0 aliphatic rings. The fourth-order valence-corrected chi connectivity index (χ4v) is 3.85. The highest BCUT2D eigenvalue weighted by molar-refractivity contribution is 5.93. The van der Waals surface area contributed by atoms with Gasteiger partial charge in [-0.3, -0.25) is 9.69 Å². The summed E-state index contributed by atoms with van der Waals surface area (Å²) in [5.41, 5.74) is 2.39. The lowest BCUT2D eigenvalue weighted by molar-refractivity contribution is -0.131. The Bertz CT molecular complexity index is 1180. The second kappa shape index (κ2) is 12.7. The minimum absolute atomic E-state index is 0.160. The molecule has 0 fully saturated rings. The molecule has 0 heterocycles. The average Bonchev–Trinajstić information content (AvgIpc) is 2.86. The van der Waals surface area contributed by atoms with Crippen LogP contribution in [0.3, 0.4) is 0 Å². The topological polar surface area (TPSA) is 74.3 Å². The summed E-state index contributed by atoms with van der Waals surface area (Å²) in [5.74, 6) is 0.606. The van der Waals surface area contributed by atoms with Crippen LogP contribution in [0.1, 0.15) is 35.3 Å². The standard InChI is InChI=1S/C29H33NO6/c1-20(34-29(32)25-14-7-9-16-27(25)35-21(2)31)28(30(3)4)36-26-15-8-6-12-23(26)18-17-22-11-10-13-24(19-22)33-5/h6-16,19-20,28H,17-18H2,1-5H3/t20?,28-/m0/s1. The van der Waals surface area contributed by atoms with E-state index < -0.39 is 24.3 Å². The van der Waals surface area contributed by atoms with Crippen molar-refractivity contribution in [2.75, 3.05) is 21.2 Å². The van der Waals surface area contributed by atoms with Crippen molar-refractivity contribution in [3.8, 4) is 17.2 Å².